The molecule has 2 heterocycles. The maximum Gasteiger partial charge on any atom is 0.340 e. The molecule has 6 nitrogen and oxygen atoms in total. The predicted molar refractivity (Wildman–Crippen MR) is 112 cm³/mol. The van der Waals surface area contributed by atoms with E-state index in [1.807, 2.05) is 20.8 Å². The molecule has 0 unspecified atom stereocenters. The van der Waals surface area contributed by atoms with Gasteiger partial charge in [-0.25, -0.2) is 4.79 Å². The van der Waals surface area contributed by atoms with Gasteiger partial charge in [-0.3, -0.25) is 4.79 Å². The summed E-state index contributed by atoms with van der Waals surface area (Å²) >= 11 is 0. The lowest BCUT2D eigenvalue weighted by atomic mass is 9.76. The monoisotopic (exact) mass is 416 g/mol. The van der Waals surface area contributed by atoms with Crippen LogP contribution in [-0.4, -0.2) is 22.0 Å². The highest BCUT2D eigenvalue weighted by molar-refractivity contribution is 6.04. The standard InChI is InChI=1S/C25H20O6/c1-24(2,3)22(28)13-4-7-17-16(10-13)23(29)31-25(17)18-8-5-14(26)11-20(18)30-21-12-15(27)6-9-19(21)25/h4-12,26-27H,1-3H3. The molecule has 0 bridgehead atoms. The number of phenolic OH excluding ortho intramolecular Hbond substituents is 2. The highest BCUT2D eigenvalue weighted by atomic mass is 16.6. The SMILES string of the molecule is CC(C)(C)C(=O)c1ccc2c(c1)C(=O)OC21c2ccc(O)cc2Oc2cc(O)ccc21. The second kappa shape index (κ2) is 6.11. The van der Waals surface area contributed by atoms with Gasteiger partial charge in [-0.05, 0) is 30.3 Å². The second-order valence-corrected chi connectivity index (χ2v) is 8.87. The lowest BCUT2D eigenvalue weighted by Crippen LogP contribution is -2.33. The molecule has 0 saturated carbocycles. The van der Waals surface area contributed by atoms with Crippen molar-refractivity contribution < 1.29 is 29.3 Å². The van der Waals surface area contributed by atoms with Crippen LogP contribution in [0.15, 0.2) is 54.6 Å². The largest absolute Gasteiger partial charge is 0.508 e. The van der Waals surface area contributed by atoms with Crippen LogP contribution in [0.5, 0.6) is 23.0 Å². The van der Waals surface area contributed by atoms with Crippen molar-refractivity contribution in [2.24, 2.45) is 5.41 Å². The zero-order valence-electron chi connectivity index (χ0n) is 17.2. The number of carbonyl (C=O) groups excluding carboxylic acids is 2. The molecule has 31 heavy (non-hydrogen) atoms. The summed E-state index contributed by atoms with van der Waals surface area (Å²) < 4.78 is 11.9. The quantitative estimate of drug-likeness (QED) is 0.433. The van der Waals surface area contributed by atoms with Gasteiger partial charge in [-0.1, -0.05) is 32.9 Å². The Morgan fingerprint density at radius 1 is 0.839 bits per heavy atom. The first-order valence-electron chi connectivity index (χ1n) is 9.89. The molecule has 2 aliphatic rings. The van der Waals surface area contributed by atoms with Crippen LogP contribution >= 0.6 is 0 Å². The van der Waals surface area contributed by atoms with E-state index >= 15 is 0 Å². The molecule has 2 aliphatic heterocycles. The molecule has 0 fully saturated rings. The Balaban J connectivity index is 1.79. The van der Waals surface area contributed by atoms with Crippen LogP contribution in [0, 0.1) is 5.41 Å². The van der Waals surface area contributed by atoms with Gasteiger partial charge in [-0.2, -0.15) is 0 Å². The van der Waals surface area contributed by atoms with E-state index < -0.39 is 17.0 Å². The Kier molecular flexibility index (Phi) is 3.78. The van der Waals surface area contributed by atoms with Crippen LogP contribution < -0.4 is 4.74 Å². The van der Waals surface area contributed by atoms with Crippen LogP contribution in [0.1, 0.15) is 58.2 Å². The summed E-state index contributed by atoms with van der Waals surface area (Å²) in [5.41, 5.74) is 0.488. The van der Waals surface area contributed by atoms with Crippen molar-refractivity contribution in [3.05, 3.63) is 82.4 Å². The van der Waals surface area contributed by atoms with Crippen molar-refractivity contribution in [2.75, 3.05) is 0 Å². The van der Waals surface area contributed by atoms with Gasteiger partial charge in [0.05, 0.1) is 5.56 Å². The van der Waals surface area contributed by atoms with Crippen molar-refractivity contribution >= 4 is 11.8 Å². The lowest BCUT2D eigenvalue weighted by Gasteiger charge is -2.36. The second-order valence-electron chi connectivity index (χ2n) is 8.87. The number of aromatic hydroxyl groups is 2. The molecule has 2 N–H and O–H groups in total. The molecule has 0 aliphatic carbocycles. The van der Waals surface area contributed by atoms with E-state index in [0.717, 1.165) is 0 Å². The van der Waals surface area contributed by atoms with E-state index in [1.165, 1.54) is 24.3 Å². The maximum absolute atomic E-state index is 13.0. The van der Waals surface area contributed by atoms with E-state index in [2.05, 4.69) is 0 Å². The fourth-order valence-corrected chi connectivity index (χ4v) is 4.28. The number of benzene rings is 3. The molecule has 3 aromatic rings. The molecule has 5 rings (SSSR count). The maximum atomic E-state index is 13.0. The van der Waals surface area contributed by atoms with E-state index in [1.54, 1.807) is 30.3 Å². The number of ether oxygens (including phenoxy) is 2. The molecule has 0 radical (unpaired) electrons. The summed E-state index contributed by atoms with van der Waals surface area (Å²) in [4.78, 5) is 25.8. The van der Waals surface area contributed by atoms with Crippen LogP contribution in [0.4, 0.5) is 0 Å². The van der Waals surface area contributed by atoms with Crippen molar-refractivity contribution in [2.45, 2.75) is 26.4 Å². The van der Waals surface area contributed by atoms with Crippen LogP contribution in [0.2, 0.25) is 0 Å². The molecule has 0 atom stereocenters. The van der Waals surface area contributed by atoms with Gasteiger partial charge in [0.2, 0.25) is 0 Å². The molecule has 1 spiro atoms. The van der Waals surface area contributed by atoms with Gasteiger partial charge in [0.1, 0.15) is 23.0 Å². The number of Topliss-reactive ketones (excluding diaryl/α,β-unsaturated/α-hetero) is 1. The highest BCUT2D eigenvalue weighted by Crippen LogP contribution is 2.57. The smallest absolute Gasteiger partial charge is 0.340 e. The molecule has 0 amide bonds. The molecule has 3 aromatic carbocycles. The van der Waals surface area contributed by atoms with Gasteiger partial charge in [0, 0.05) is 39.8 Å². The first kappa shape index (κ1) is 19.2. The normalized spacial score (nSPS) is 15.5. The number of hydrogen-bond donors (Lipinski definition) is 2. The number of esters is 1. The van der Waals surface area contributed by atoms with Crippen molar-refractivity contribution in [3.63, 3.8) is 0 Å². The van der Waals surface area contributed by atoms with Crippen LogP contribution in [-0.2, 0) is 10.3 Å². The van der Waals surface area contributed by atoms with E-state index in [9.17, 15) is 19.8 Å². The first-order valence-corrected chi connectivity index (χ1v) is 9.89. The summed E-state index contributed by atoms with van der Waals surface area (Å²) in [6, 6.07) is 14.2. The summed E-state index contributed by atoms with van der Waals surface area (Å²) in [5, 5.41) is 19.9. The summed E-state index contributed by atoms with van der Waals surface area (Å²) in [7, 11) is 0. The van der Waals surface area contributed by atoms with Gasteiger partial charge < -0.3 is 19.7 Å². The van der Waals surface area contributed by atoms with Crippen LogP contribution in [0.25, 0.3) is 0 Å². The molecular formula is C25H20O6. The van der Waals surface area contributed by atoms with Crippen molar-refractivity contribution in [1.29, 1.82) is 0 Å². The van der Waals surface area contributed by atoms with Gasteiger partial charge in [-0.15, -0.1) is 0 Å². The molecule has 0 saturated heterocycles. The third-order valence-corrected chi connectivity index (χ3v) is 5.72. The fraction of sp³-hybridized carbons (Fsp3) is 0.200. The fourth-order valence-electron chi connectivity index (χ4n) is 4.28. The van der Waals surface area contributed by atoms with Crippen molar-refractivity contribution in [1.82, 2.24) is 0 Å². The number of fused-ring (bicyclic) bond motifs is 6. The van der Waals surface area contributed by atoms with Gasteiger partial charge in [0.25, 0.3) is 0 Å². The predicted octanol–water partition coefficient (Wildman–Crippen LogP) is 4.89. The van der Waals surface area contributed by atoms with Gasteiger partial charge >= 0.3 is 5.97 Å². The number of ketones is 1. The number of hydrogen-bond acceptors (Lipinski definition) is 6. The third-order valence-electron chi connectivity index (χ3n) is 5.72. The lowest BCUT2D eigenvalue weighted by molar-refractivity contribution is 0.0224. The average molecular weight is 416 g/mol. The molecule has 0 aromatic heterocycles. The average Bonchev–Trinajstić information content (AvgIpc) is 2.99. The third kappa shape index (κ3) is 2.64. The summed E-state index contributed by atoms with van der Waals surface area (Å²) in [5.74, 6) is -0.0197. The molecular weight excluding hydrogens is 396 g/mol. The van der Waals surface area contributed by atoms with E-state index in [0.29, 0.717) is 39.3 Å². The Hall–Kier alpha value is -3.80. The van der Waals surface area contributed by atoms with Gasteiger partial charge in [0.15, 0.2) is 11.4 Å². The van der Waals surface area contributed by atoms with Crippen molar-refractivity contribution in [3.8, 4) is 23.0 Å². The Labute approximate surface area is 178 Å². The minimum absolute atomic E-state index is 0.00632. The number of rotatable bonds is 1. The number of phenols is 2. The van der Waals surface area contributed by atoms with Crippen LogP contribution in [0.3, 0.4) is 0 Å². The Morgan fingerprint density at radius 2 is 1.39 bits per heavy atom. The number of carbonyl (C=O) groups is 2. The summed E-state index contributed by atoms with van der Waals surface area (Å²) in [6.45, 7) is 5.48. The Morgan fingerprint density at radius 3 is 1.94 bits per heavy atom. The zero-order chi connectivity index (χ0) is 22.1. The minimum Gasteiger partial charge on any atom is -0.508 e. The minimum atomic E-state index is -1.32. The van der Waals surface area contributed by atoms with E-state index in [4.69, 9.17) is 9.47 Å². The highest BCUT2D eigenvalue weighted by Gasteiger charge is 2.53. The van der Waals surface area contributed by atoms with E-state index in [-0.39, 0.29) is 17.3 Å². The topological polar surface area (TPSA) is 93.1 Å². The first-order chi connectivity index (χ1) is 14.6. The molecule has 156 valence electrons. The zero-order valence-corrected chi connectivity index (χ0v) is 17.2. The summed E-state index contributed by atoms with van der Waals surface area (Å²) in [6.07, 6.45) is 0. The molecule has 6 heteroatoms. The Bertz CT molecular complexity index is 1230.